The first-order valence-corrected chi connectivity index (χ1v) is 6.40. The van der Waals surface area contributed by atoms with Gasteiger partial charge in [-0.2, -0.15) is 22.8 Å². The van der Waals surface area contributed by atoms with E-state index in [1.165, 1.54) is 0 Å². The monoisotopic (exact) mass is 366 g/mol. The zero-order valence-electron chi connectivity index (χ0n) is 11.7. The molecule has 0 radical (unpaired) electrons. The number of hydrogen-bond donors (Lipinski definition) is 0. The number of fused-ring (bicyclic) bond motifs is 1. The van der Waals surface area contributed by atoms with Crippen LogP contribution in [0.4, 0.5) is 30.7 Å². The van der Waals surface area contributed by atoms with Gasteiger partial charge in [0.15, 0.2) is 17.2 Å². The summed E-state index contributed by atoms with van der Waals surface area (Å²) in [6.45, 7) is 0. The molecule has 2 heterocycles. The molecule has 0 atom stereocenters. The minimum Gasteiger partial charge on any atom is -0.403 e. The first-order chi connectivity index (χ1) is 11.6. The number of rotatable bonds is 2. The number of hydrogen-bond acceptors (Lipinski definition) is 4. The van der Waals surface area contributed by atoms with Gasteiger partial charge in [-0.1, -0.05) is 6.07 Å². The topological polar surface area (TPSA) is 52.3 Å². The predicted molar refractivity (Wildman–Crippen MR) is 67.9 cm³/mol. The summed E-state index contributed by atoms with van der Waals surface area (Å²) in [5.74, 6) is -4.01. The number of halogens is 7. The number of benzene rings is 1. The van der Waals surface area contributed by atoms with Gasteiger partial charge in [-0.05, 0) is 24.3 Å². The van der Waals surface area contributed by atoms with E-state index in [-0.39, 0.29) is 11.3 Å². The second kappa shape index (κ2) is 5.57. The van der Waals surface area contributed by atoms with Crippen LogP contribution in [0.1, 0.15) is 5.82 Å². The van der Waals surface area contributed by atoms with Crippen LogP contribution < -0.4 is 4.74 Å². The first-order valence-electron chi connectivity index (χ1n) is 6.40. The van der Waals surface area contributed by atoms with Crippen molar-refractivity contribution in [3.63, 3.8) is 0 Å². The number of ether oxygens (including phenoxy) is 1. The zero-order chi connectivity index (χ0) is 18.4. The molecule has 0 N–H and O–H groups in total. The molecule has 5 nitrogen and oxygen atoms in total. The Bertz CT molecular complexity index is 932. The lowest BCUT2D eigenvalue weighted by molar-refractivity contribution is -0.275. The summed E-state index contributed by atoms with van der Waals surface area (Å²) < 4.78 is 93.3. The minimum absolute atomic E-state index is 0.265. The van der Waals surface area contributed by atoms with Gasteiger partial charge in [-0.25, -0.2) is 4.39 Å². The highest BCUT2D eigenvalue weighted by molar-refractivity contribution is 5.63. The van der Waals surface area contributed by atoms with E-state index in [2.05, 4.69) is 20.0 Å². The molecule has 0 bridgehead atoms. The zero-order valence-corrected chi connectivity index (χ0v) is 11.7. The van der Waals surface area contributed by atoms with Gasteiger partial charge in [-0.15, -0.1) is 23.4 Å². The lowest BCUT2D eigenvalue weighted by atomic mass is 10.1. The highest BCUT2D eigenvalue weighted by Crippen LogP contribution is 2.32. The molecule has 2 aromatic heterocycles. The number of aromatic nitrogens is 4. The second-order valence-corrected chi connectivity index (χ2v) is 4.68. The molecule has 0 spiro atoms. The lowest BCUT2D eigenvalue weighted by Crippen LogP contribution is -2.18. The Morgan fingerprint density at radius 1 is 0.920 bits per heavy atom. The molecule has 0 aliphatic rings. The molecule has 0 saturated heterocycles. The molecule has 3 rings (SSSR count). The molecule has 0 fully saturated rings. The highest BCUT2D eigenvalue weighted by Gasteiger charge is 2.38. The number of nitrogens with zero attached hydrogens (tertiary/aromatic N) is 4. The summed E-state index contributed by atoms with van der Waals surface area (Å²) in [6, 6.07) is 4.98. The maximum atomic E-state index is 14.2. The quantitative estimate of drug-likeness (QED) is 0.647. The normalized spacial score (nSPS) is 12.6. The third-order valence-electron chi connectivity index (χ3n) is 2.98. The molecule has 0 saturated carbocycles. The van der Waals surface area contributed by atoms with Crippen molar-refractivity contribution in [3.05, 3.63) is 42.0 Å². The summed E-state index contributed by atoms with van der Waals surface area (Å²) in [6.07, 6.45) is -10.0. The van der Waals surface area contributed by atoms with E-state index in [1.54, 1.807) is 0 Å². The lowest BCUT2D eigenvalue weighted by Gasteiger charge is -2.12. The molecular weight excluding hydrogens is 361 g/mol. The van der Waals surface area contributed by atoms with Crippen molar-refractivity contribution in [2.24, 2.45) is 0 Å². The van der Waals surface area contributed by atoms with Crippen molar-refractivity contribution in [1.82, 2.24) is 19.8 Å². The number of alkyl halides is 6. The van der Waals surface area contributed by atoms with Crippen LogP contribution in [0.2, 0.25) is 0 Å². The Hall–Kier alpha value is -2.92. The van der Waals surface area contributed by atoms with Crippen LogP contribution in [-0.2, 0) is 6.18 Å². The van der Waals surface area contributed by atoms with Crippen molar-refractivity contribution in [1.29, 1.82) is 0 Å². The Labute approximate surface area is 133 Å². The van der Waals surface area contributed by atoms with Crippen molar-refractivity contribution in [2.45, 2.75) is 12.5 Å². The molecule has 25 heavy (non-hydrogen) atoms. The van der Waals surface area contributed by atoms with Gasteiger partial charge in [0, 0.05) is 5.56 Å². The van der Waals surface area contributed by atoms with Gasteiger partial charge in [-0.3, -0.25) is 0 Å². The Kier molecular flexibility index (Phi) is 3.77. The highest BCUT2D eigenvalue weighted by atomic mass is 19.4. The van der Waals surface area contributed by atoms with Gasteiger partial charge in [0.2, 0.25) is 0 Å². The molecule has 132 valence electrons. The Morgan fingerprint density at radius 2 is 1.64 bits per heavy atom. The van der Waals surface area contributed by atoms with Gasteiger partial charge in [0.25, 0.3) is 5.82 Å². The first kappa shape index (κ1) is 16.9. The van der Waals surface area contributed by atoms with E-state index < -0.39 is 35.5 Å². The fraction of sp³-hybridized carbons (Fsp3) is 0.154. The molecule has 0 aliphatic carbocycles. The summed E-state index contributed by atoms with van der Waals surface area (Å²) in [5, 5.41) is 9.78. The molecule has 0 aliphatic heterocycles. The Balaban J connectivity index is 2.12. The van der Waals surface area contributed by atoms with E-state index in [0.717, 1.165) is 30.3 Å². The van der Waals surface area contributed by atoms with Crippen LogP contribution in [0.5, 0.6) is 5.75 Å². The van der Waals surface area contributed by atoms with Crippen molar-refractivity contribution < 1.29 is 35.5 Å². The fourth-order valence-corrected chi connectivity index (χ4v) is 2.02. The summed E-state index contributed by atoms with van der Waals surface area (Å²) >= 11 is 0. The maximum Gasteiger partial charge on any atom is 0.573 e. The van der Waals surface area contributed by atoms with Gasteiger partial charge in [0.05, 0.1) is 5.69 Å². The summed E-state index contributed by atoms with van der Waals surface area (Å²) in [5.41, 5.74) is -1.10. The fourth-order valence-electron chi connectivity index (χ4n) is 2.02. The van der Waals surface area contributed by atoms with Crippen molar-refractivity contribution in [2.75, 3.05) is 0 Å². The predicted octanol–water partition coefficient (Wildman–Crippen LogP) is 3.85. The van der Waals surface area contributed by atoms with Crippen LogP contribution in [0.25, 0.3) is 16.9 Å². The Morgan fingerprint density at radius 3 is 2.28 bits per heavy atom. The van der Waals surface area contributed by atoms with Crippen molar-refractivity contribution >= 4 is 5.65 Å². The summed E-state index contributed by atoms with van der Waals surface area (Å²) in [4.78, 5) is 0. The molecular formula is C13H5F7N4O. The average molecular weight is 366 g/mol. The second-order valence-electron chi connectivity index (χ2n) is 4.68. The standard InChI is InChI=1S/C13H5F7N4O/c14-10-6(2-1-3-8(10)25-13(18,19)20)7-4-5-9-21-22-11(12(15,16)17)24(9)23-7/h1-5H. The van der Waals surface area contributed by atoms with Crippen LogP contribution in [0.3, 0.4) is 0 Å². The van der Waals surface area contributed by atoms with Crippen LogP contribution in [-0.4, -0.2) is 26.2 Å². The van der Waals surface area contributed by atoms with Crippen LogP contribution in [0.15, 0.2) is 30.3 Å². The van der Waals surface area contributed by atoms with Crippen molar-refractivity contribution in [3.8, 4) is 17.0 Å². The van der Waals surface area contributed by atoms with Crippen LogP contribution in [0, 0.1) is 5.82 Å². The maximum absolute atomic E-state index is 14.2. The van der Waals surface area contributed by atoms with E-state index in [0.29, 0.717) is 4.52 Å². The molecule has 1 aromatic carbocycles. The SMILES string of the molecule is Fc1c(OC(F)(F)F)cccc1-c1ccc2nnc(C(F)(F)F)n2n1. The van der Waals surface area contributed by atoms with Gasteiger partial charge < -0.3 is 4.74 Å². The van der Waals surface area contributed by atoms with Crippen LogP contribution >= 0.6 is 0 Å². The molecule has 0 amide bonds. The summed E-state index contributed by atoms with van der Waals surface area (Å²) in [7, 11) is 0. The molecule has 0 unspecified atom stereocenters. The third kappa shape index (κ3) is 3.32. The smallest absolute Gasteiger partial charge is 0.403 e. The molecule has 3 aromatic rings. The van der Waals surface area contributed by atoms with E-state index in [9.17, 15) is 30.7 Å². The van der Waals surface area contributed by atoms with Gasteiger partial charge >= 0.3 is 12.5 Å². The third-order valence-corrected chi connectivity index (χ3v) is 2.98. The van der Waals surface area contributed by atoms with Gasteiger partial charge in [0.1, 0.15) is 0 Å². The largest absolute Gasteiger partial charge is 0.573 e. The average Bonchev–Trinajstić information content (AvgIpc) is 2.91. The van der Waals surface area contributed by atoms with E-state index >= 15 is 0 Å². The minimum atomic E-state index is -5.13. The molecule has 12 heteroatoms. The van der Waals surface area contributed by atoms with E-state index in [1.807, 2.05) is 0 Å². The van der Waals surface area contributed by atoms with E-state index in [4.69, 9.17) is 0 Å².